The van der Waals surface area contributed by atoms with E-state index in [-0.39, 0.29) is 17.6 Å². The number of hydrogen-bond acceptors (Lipinski definition) is 3. The summed E-state index contributed by atoms with van der Waals surface area (Å²) < 4.78 is 21.7. The molecule has 1 saturated carbocycles. The third-order valence-electron chi connectivity index (χ3n) is 7.06. The normalized spacial score (nSPS) is 21.3. The summed E-state index contributed by atoms with van der Waals surface area (Å²) in [6.07, 6.45) is 6.03. The number of rotatable bonds is 4. The number of halogens is 2. The van der Waals surface area contributed by atoms with E-state index in [0.717, 1.165) is 73.2 Å². The van der Waals surface area contributed by atoms with Crippen LogP contribution in [0.1, 0.15) is 31.2 Å². The van der Waals surface area contributed by atoms with Crippen molar-refractivity contribution in [3.63, 3.8) is 0 Å². The number of carbonyl (C=O) groups is 1. The fourth-order valence-electron chi connectivity index (χ4n) is 5.32. The van der Waals surface area contributed by atoms with E-state index < -0.39 is 0 Å². The van der Waals surface area contributed by atoms with Gasteiger partial charge in [-0.3, -0.25) is 9.69 Å². The first-order valence-electron chi connectivity index (χ1n) is 11.7. The Morgan fingerprint density at radius 3 is 2.79 bits per heavy atom. The molecule has 2 heterocycles. The smallest absolute Gasteiger partial charge is 0.222 e. The molecule has 1 aromatic heterocycles. The maximum atomic E-state index is 13.6. The van der Waals surface area contributed by atoms with E-state index in [0.29, 0.717) is 17.5 Å². The summed E-state index contributed by atoms with van der Waals surface area (Å²) in [5, 5.41) is 4.24. The van der Waals surface area contributed by atoms with Crippen LogP contribution in [-0.4, -0.2) is 42.1 Å². The fraction of sp³-hybridized carbons (Fsp3) is 0.423. The van der Waals surface area contributed by atoms with Crippen LogP contribution in [0.4, 0.5) is 4.39 Å². The lowest BCUT2D eigenvalue weighted by Gasteiger charge is -2.31. The van der Waals surface area contributed by atoms with Crippen molar-refractivity contribution < 1.29 is 13.9 Å². The van der Waals surface area contributed by atoms with Crippen LogP contribution >= 0.6 is 11.6 Å². The predicted octanol–water partition coefficient (Wildman–Crippen LogP) is 5.17. The first-order chi connectivity index (χ1) is 16.0. The molecule has 3 aromatic rings. The SMILES string of the molecule is CNC(=O)[C@H]1CC[C@H](CN2CCOc3c(Cl)cc(-n4ccc5cc(F)ccc54)cc3C2)CC1. The molecule has 174 valence electrons. The molecule has 0 spiro atoms. The Kier molecular flexibility index (Phi) is 6.30. The summed E-state index contributed by atoms with van der Waals surface area (Å²) in [7, 11) is 1.72. The number of fused-ring (bicyclic) bond motifs is 2. The van der Waals surface area contributed by atoms with Crippen molar-refractivity contribution in [2.24, 2.45) is 11.8 Å². The maximum Gasteiger partial charge on any atom is 0.222 e. The molecule has 1 aliphatic heterocycles. The summed E-state index contributed by atoms with van der Waals surface area (Å²) in [4.78, 5) is 14.4. The quantitative estimate of drug-likeness (QED) is 0.573. The minimum atomic E-state index is -0.242. The number of nitrogens with zero attached hydrogens (tertiary/aromatic N) is 2. The first kappa shape index (κ1) is 22.2. The Balaban J connectivity index is 1.35. The van der Waals surface area contributed by atoms with Gasteiger partial charge >= 0.3 is 0 Å². The van der Waals surface area contributed by atoms with Gasteiger partial charge in [-0.05, 0) is 68.0 Å². The van der Waals surface area contributed by atoms with Crippen LogP contribution in [0, 0.1) is 17.7 Å². The molecule has 0 unspecified atom stereocenters. The zero-order valence-electron chi connectivity index (χ0n) is 18.8. The summed E-state index contributed by atoms with van der Waals surface area (Å²) in [6, 6.07) is 10.8. The van der Waals surface area contributed by atoms with E-state index >= 15 is 0 Å². The van der Waals surface area contributed by atoms with Crippen LogP contribution < -0.4 is 10.1 Å². The van der Waals surface area contributed by atoms with Crippen molar-refractivity contribution in [1.29, 1.82) is 0 Å². The van der Waals surface area contributed by atoms with Gasteiger partial charge in [0, 0.05) is 55.4 Å². The summed E-state index contributed by atoms with van der Waals surface area (Å²) in [5.41, 5.74) is 2.95. The van der Waals surface area contributed by atoms with Crippen LogP contribution in [0.3, 0.4) is 0 Å². The van der Waals surface area contributed by atoms with Crippen molar-refractivity contribution in [1.82, 2.24) is 14.8 Å². The molecule has 7 heteroatoms. The highest BCUT2D eigenvalue weighted by Crippen LogP contribution is 2.36. The molecule has 5 nitrogen and oxygen atoms in total. The highest BCUT2D eigenvalue weighted by atomic mass is 35.5. The van der Waals surface area contributed by atoms with Gasteiger partial charge in [-0.2, -0.15) is 0 Å². The lowest BCUT2D eigenvalue weighted by Crippen LogP contribution is -2.35. The van der Waals surface area contributed by atoms with Gasteiger partial charge in [0.05, 0.1) is 10.5 Å². The molecule has 1 amide bonds. The Morgan fingerprint density at radius 2 is 2.00 bits per heavy atom. The number of nitrogens with one attached hydrogen (secondary N) is 1. The lowest BCUT2D eigenvalue weighted by atomic mass is 9.81. The number of amides is 1. The number of hydrogen-bond donors (Lipinski definition) is 1. The predicted molar refractivity (Wildman–Crippen MR) is 129 cm³/mol. The molecule has 2 aliphatic rings. The fourth-order valence-corrected chi connectivity index (χ4v) is 5.61. The van der Waals surface area contributed by atoms with Crippen LogP contribution in [-0.2, 0) is 11.3 Å². The molecular weight excluding hydrogens is 441 g/mol. The molecule has 33 heavy (non-hydrogen) atoms. The average Bonchev–Trinajstić information content (AvgIpc) is 3.12. The minimum absolute atomic E-state index is 0.158. The molecule has 1 N–H and O–H groups in total. The van der Waals surface area contributed by atoms with Gasteiger partial charge in [-0.25, -0.2) is 4.39 Å². The van der Waals surface area contributed by atoms with E-state index in [1.165, 1.54) is 6.07 Å². The molecular formula is C26H29ClFN3O2. The van der Waals surface area contributed by atoms with Gasteiger partial charge in [0.2, 0.25) is 5.91 Å². The number of benzene rings is 2. The van der Waals surface area contributed by atoms with Gasteiger partial charge < -0.3 is 14.6 Å². The van der Waals surface area contributed by atoms with Crippen LogP contribution in [0.25, 0.3) is 16.6 Å². The van der Waals surface area contributed by atoms with Crippen LogP contribution in [0.5, 0.6) is 5.75 Å². The molecule has 0 saturated heterocycles. The number of ether oxygens (including phenoxy) is 1. The Bertz CT molecular complexity index is 1170. The maximum absolute atomic E-state index is 13.6. The molecule has 5 rings (SSSR count). The second-order valence-corrected chi connectivity index (χ2v) is 9.63. The van der Waals surface area contributed by atoms with E-state index in [9.17, 15) is 9.18 Å². The molecule has 2 aromatic carbocycles. The Morgan fingerprint density at radius 1 is 1.18 bits per heavy atom. The second kappa shape index (κ2) is 9.35. The van der Waals surface area contributed by atoms with Crippen molar-refractivity contribution in [3.8, 4) is 11.4 Å². The topological polar surface area (TPSA) is 46.5 Å². The summed E-state index contributed by atoms with van der Waals surface area (Å²) in [5.74, 6) is 1.44. The monoisotopic (exact) mass is 469 g/mol. The van der Waals surface area contributed by atoms with Gasteiger partial charge in [0.25, 0.3) is 0 Å². The van der Waals surface area contributed by atoms with Gasteiger partial charge in [-0.15, -0.1) is 0 Å². The molecule has 1 aliphatic carbocycles. The van der Waals surface area contributed by atoms with Crippen molar-refractivity contribution in [2.75, 3.05) is 26.7 Å². The van der Waals surface area contributed by atoms with Gasteiger partial charge in [-0.1, -0.05) is 11.6 Å². The second-order valence-electron chi connectivity index (χ2n) is 9.22. The standard InChI is InChI=1S/C26H29ClFN3O2/c1-29-26(32)18-4-2-17(3-5-18)15-30-10-11-33-25-20(16-30)13-22(14-23(25)27)31-9-8-19-12-21(28)6-7-24(19)31/h6-9,12-14,17-18H,2-5,10-11,15-16H2,1H3,(H,29,32)/t17-,18-. The average molecular weight is 470 g/mol. The van der Waals surface area contributed by atoms with E-state index in [1.54, 1.807) is 19.2 Å². The van der Waals surface area contributed by atoms with Crippen LogP contribution in [0.15, 0.2) is 42.6 Å². The minimum Gasteiger partial charge on any atom is -0.490 e. The summed E-state index contributed by atoms with van der Waals surface area (Å²) >= 11 is 6.66. The highest BCUT2D eigenvalue weighted by Gasteiger charge is 2.28. The summed E-state index contributed by atoms with van der Waals surface area (Å²) in [6.45, 7) is 3.22. The molecule has 0 atom stereocenters. The van der Waals surface area contributed by atoms with E-state index in [2.05, 4.69) is 16.3 Å². The Hall–Kier alpha value is -2.57. The van der Waals surface area contributed by atoms with Gasteiger partial charge in [0.15, 0.2) is 0 Å². The third kappa shape index (κ3) is 4.59. The van der Waals surface area contributed by atoms with Crippen molar-refractivity contribution >= 4 is 28.4 Å². The third-order valence-corrected chi connectivity index (χ3v) is 7.34. The van der Waals surface area contributed by atoms with Crippen molar-refractivity contribution in [3.05, 3.63) is 59.0 Å². The zero-order chi connectivity index (χ0) is 22.9. The van der Waals surface area contributed by atoms with E-state index in [1.807, 2.05) is 22.9 Å². The van der Waals surface area contributed by atoms with Crippen molar-refractivity contribution in [2.45, 2.75) is 32.2 Å². The zero-order valence-corrected chi connectivity index (χ0v) is 19.6. The molecule has 1 fully saturated rings. The largest absolute Gasteiger partial charge is 0.490 e. The Labute approximate surface area is 198 Å². The van der Waals surface area contributed by atoms with E-state index in [4.69, 9.17) is 16.3 Å². The number of carbonyl (C=O) groups excluding carboxylic acids is 1. The lowest BCUT2D eigenvalue weighted by molar-refractivity contribution is -0.125. The highest BCUT2D eigenvalue weighted by molar-refractivity contribution is 6.32. The van der Waals surface area contributed by atoms with Crippen LogP contribution in [0.2, 0.25) is 5.02 Å². The molecule has 0 radical (unpaired) electrons. The van der Waals surface area contributed by atoms with Gasteiger partial charge in [0.1, 0.15) is 18.2 Å². The first-order valence-corrected chi connectivity index (χ1v) is 12.1. The molecule has 0 bridgehead atoms. The number of aromatic nitrogens is 1.